The number of fused-ring (bicyclic) bond motifs is 2. The molecule has 19 heavy (non-hydrogen) atoms. The summed E-state index contributed by atoms with van der Waals surface area (Å²) < 4.78 is 11.2. The van der Waals surface area contributed by atoms with Crippen molar-refractivity contribution in [1.29, 1.82) is 0 Å². The minimum atomic E-state index is -0.235. The van der Waals surface area contributed by atoms with Gasteiger partial charge in [-0.3, -0.25) is 4.79 Å². The highest BCUT2D eigenvalue weighted by Gasteiger charge is 2.51. The number of esters is 1. The van der Waals surface area contributed by atoms with Gasteiger partial charge in [-0.15, -0.1) is 0 Å². The summed E-state index contributed by atoms with van der Waals surface area (Å²) in [5.41, 5.74) is 1.75. The van der Waals surface area contributed by atoms with Gasteiger partial charge in [0.15, 0.2) is 5.78 Å². The lowest BCUT2D eigenvalue weighted by molar-refractivity contribution is -0.165. The zero-order valence-electron chi connectivity index (χ0n) is 11.4. The smallest absolute Gasteiger partial charge is 0.333 e. The monoisotopic (exact) mass is 262 g/mol. The van der Waals surface area contributed by atoms with Gasteiger partial charge < -0.3 is 9.47 Å². The molecule has 0 aromatic carbocycles. The Labute approximate surface area is 112 Å². The molecule has 2 aliphatic heterocycles. The van der Waals surface area contributed by atoms with E-state index in [4.69, 9.17) is 9.47 Å². The second-order valence-corrected chi connectivity index (χ2v) is 5.79. The summed E-state index contributed by atoms with van der Waals surface area (Å²) >= 11 is 0. The molecular formula is C15H18O4. The number of allylic oxidation sites excluding steroid dienone is 1. The quantitative estimate of drug-likeness (QED) is 0.627. The van der Waals surface area contributed by atoms with E-state index in [1.165, 1.54) is 12.3 Å². The summed E-state index contributed by atoms with van der Waals surface area (Å²) in [7, 11) is 0. The summed E-state index contributed by atoms with van der Waals surface area (Å²) in [6, 6.07) is 0. The molecule has 1 fully saturated rings. The summed E-state index contributed by atoms with van der Waals surface area (Å²) in [6.45, 7) is 5.77. The number of hydrogen-bond acceptors (Lipinski definition) is 4. The number of carbonyl (C=O) groups is 2. The van der Waals surface area contributed by atoms with Crippen LogP contribution in [0.1, 0.15) is 27.2 Å². The Balaban J connectivity index is 1.98. The molecule has 102 valence electrons. The van der Waals surface area contributed by atoms with Gasteiger partial charge in [0.25, 0.3) is 0 Å². The Morgan fingerprint density at radius 3 is 2.63 bits per heavy atom. The van der Waals surface area contributed by atoms with Gasteiger partial charge in [-0.2, -0.15) is 0 Å². The number of carbonyl (C=O) groups excluding carboxylic acids is 2. The zero-order valence-corrected chi connectivity index (χ0v) is 11.4. The Morgan fingerprint density at radius 2 is 1.89 bits per heavy atom. The van der Waals surface area contributed by atoms with Crippen molar-refractivity contribution in [3.63, 3.8) is 0 Å². The lowest BCUT2D eigenvalue weighted by Gasteiger charge is -2.47. The third kappa shape index (κ3) is 1.73. The van der Waals surface area contributed by atoms with E-state index < -0.39 is 0 Å². The Bertz CT molecular complexity index is 502. The van der Waals surface area contributed by atoms with Gasteiger partial charge in [-0.25, -0.2) is 4.79 Å². The van der Waals surface area contributed by atoms with Crippen molar-refractivity contribution in [3.05, 3.63) is 23.5 Å². The Morgan fingerprint density at radius 1 is 1.16 bits per heavy atom. The second kappa shape index (κ2) is 4.22. The van der Waals surface area contributed by atoms with Crippen molar-refractivity contribution in [3.8, 4) is 0 Å². The molecule has 0 spiro atoms. The van der Waals surface area contributed by atoms with Gasteiger partial charge in [-0.1, -0.05) is 12.5 Å². The molecule has 3 rings (SSSR count). The number of hydrogen-bond donors (Lipinski definition) is 0. The van der Waals surface area contributed by atoms with Crippen molar-refractivity contribution >= 4 is 11.8 Å². The first kappa shape index (κ1) is 12.5. The summed E-state index contributed by atoms with van der Waals surface area (Å²) in [6.07, 6.45) is 3.35. The highest BCUT2D eigenvalue weighted by Crippen LogP contribution is 2.45. The molecule has 1 aliphatic carbocycles. The minimum Gasteiger partial charge on any atom is -0.497 e. The topological polar surface area (TPSA) is 52.6 Å². The van der Waals surface area contributed by atoms with Crippen LogP contribution in [0.4, 0.5) is 0 Å². The van der Waals surface area contributed by atoms with Gasteiger partial charge in [0.2, 0.25) is 0 Å². The predicted octanol–water partition coefficient (Wildman–Crippen LogP) is 2.00. The van der Waals surface area contributed by atoms with Crippen LogP contribution < -0.4 is 0 Å². The fraction of sp³-hybridized carbons (Fsp3) is 0.600. The molecule has 0 bridgehead atoms. The molecule has 5 atom stereocenters. The van der Waals surface area contributed by atoms with Crippen molar-refractivity contribution in [1.82, 2.24) is 0 Å². The van der Waals surface area contributed by atoms with Crippen LogP contribution in [0.5, 0.6) is 0 Å². The molecule has 0 saturated heterocycles. The average Bonchev–Trinajstić information content (AvgIpc) is 2.39. The molecule has 0 aromatic rings. The molecule has 4 heteroatoms. The van der Waals surface area contributed by atoms with E-state index in [2.05, 4.69) is 0 Å². The molecule has 0 N–H and O–H groups in total. The fourth-order valence-corrected chi connectivity index (χ4v) is 3.54. The van der Waals surface area contributed by atoms with E-state index in [9.17, 15) is 9.59 Å². The van der Waals surface area contributed by atoms with E-state index in [1.54, 1.807) is 6.92 Å². The lowest BCUT2D eigenvalue weighted by atomic mass is 9.66. The second-order valence-electron chi connectivity index (χ2n) is 5.79. The molecule has 4 nitrogen and oxygen atoms in total. The normalized spacial score (nSPS) is 41.3. The van der Waals surface area contributed by atoms with Crippen molar-refractivity contribution < 1.29 is 19.1 Å². The van der Waals surface area contributed by atoms with E-state index in [-0.39, 0.29) is 41.7 Å². The first-order valence-electron chi connectivity index (χ1n) is 6.75. The summed E-state index contributed by atoms with van der Waals surface area (Å²) in [4.78, 5) is 23.8. The largest absolute Gasteiger partial charge is 0.497 e. The molecule has 0 amide bonds. The van der Waals surface area contributed by atoms with Crippen LogP contribution >= 0.6 is 0 Å². The lowest BCUT2D eigenvalue weighted by Crippen LogP contribution is -2.53. The van der Waals surface area contributed by atoms with E-state index in [0.29, 0.717) is 12.0 Å². The van der Waals surface area contributed by atoms with Gasteiger partial charge >= 0.3 is 5.97 Å². The first-order valence-corrected chi connectivity index (χ1v) is 6.75. The molecule has 0 aromatic heterocycles. The van der Waals surface area contributed by atoms with Crippen molar-refractivity contribution in [2.75, 3.05) is 0 Å². The van der Waals surface area contributed by atoms with E-state index in [1.807, 2.05) is 13.8 Å². The first-order chi connectivity index (χ1) is 9.00. The third-order valence-corrected chi connectivity index (χ3v) is 4.87. The van der Waals surface area contributed by atoms with Gasteiger partial charge in [0, 0.05) is 23.5 Å². The van der Waals surface area contributed by atoms with Crippen LogP contribution in [-0.2, 0) is 19.1 Å². The highest BCUT2D eigenvalue weighted by atomic mass is 16.5. The van der Waals surface area contributed by atoms with Crippen LogP contribution in [0.25, 0.3) is 0 Å². The molecule has 5 unspecified atom stereocenters. The van der Waals surface area contributed by atoms with Crippen LogP contribution in [-0.4, -0.2) is 24.0 Å². The van der Waals surface area contributed by atoms with Gasteiger partial charge in [0.1, 0.15) is 12.2 Å². The summed E-state index contributed by atoms with van der Waals surface area (Å²) in [5.74, 6) is -0.0379. The number of ketones is 1. The summed E-state index contributed by atoms with van der Waals surface area (Å²) in [5, 5.41) is 0. The standard InChI is InChI=1S/C15H18O4/c1-7-8(2)15(17)19-14-9(3)13-11(6-10(7)14)12(16)4-5-18-13/h4-5,9-11,13-14H,6H2,1-3H3. The van der Waals surface area contributed by atoms with Crippen molar-refractivity contribution in [2.24, 2.45) is 17.8 Å². The maximum absolute atomic E-state index is 12.0. The van der Waals surface area contributed by atoms with Crippen LogP contribution in [0, 0.1) is 17.8 Å². The zero-order chi connectivity index (χ0) is 13.7. The predicted molar refractivity (Wildman–Crippen MR) is 68.0 cm³/mol. The minimum absolute atomic E-state index is 0.0321. The fourth-order valence-electron chi connectivity index (χ4n) is 3.54. The SMILES string of the molecule is CC1=C(C)C2CC3C(=O)C=COC3C(C)C2OC1=O. The van der Waals surface area contributed by atoms with E-state index >= 15 is 0 Å². The molecule has 2 heterocycles. The molecule has 1 saturated carbocycles. The van der Waals surface area contributed by atoms with Gasteiger partial charge in [0.05, 0.1) is 12.2 Å². The van der Waals surface area contributed by atoms with E-state index in [0.717, 1.165) is 5.57 Å². The van der Waals surface area contributed by atoms with Gasteiger partial charge in [-0.05, 0) is 20.3 Å². The third-order valence-electron chi connectivity index (χ3n) is 4.87. The van der Waals surface area contributed by atoms with Crippen LogP contribution in [0.15, 0.2) is 23.5 Å². The average molecular weight is 262 g/mol. The molecule has 0 radical (unpaired) electrons. The maximum atomic E-state index is 12.0. The number of rotatable bonds is 0. The number of ether oxygens (including phenoxy) is 2. The van der Waals surface area contributed by atoms with Crippen molar-refractivity contribution in [2.45, 2.75) is 39.4 Å². The van der Waals surface area contributed by atoms with Crippen LogP contribution in [0.2, 0.25) is 0 Å². The highest BCUT2D eigenvalue weighted by molar-refractivity contribution is 5.93. The molecular weight excluding hydrogens is 244 g/mol. The maximum Gasteiger partial charge on any atom is 0.333 e. The Hall–Kier alpha value is -1.58. The van der Waals surface area contributed by atoms with Crippen LogP contribution in [0.3, 0.4) is 0 Å². The Kier molecular flexibility index (Phi) is 2.77. The molecule has 3 aliphatic rings.